The summed E-state index contributed by atoms with van der Waals surface area (Å²) in [4.78, 5) is 11.4. The smallest absolute Gasteiger partial charge is 0.155 e. The van der Waals surface area contributed by atoms with Gasteiger partial charge in [0.15, 0.2) is 5.78 Å². The number of unbranched alkanes of at least 4 members (excludes halogenated alkanes) is 7. The minimum absolute atomic E-state index is 0.297. The van der Waals surface area contributed by atoms with Crippen molar-refractivity contribution >= 4 is 5.78 Å². The molecule has 0 heterocycles. The number of hydrogen-bond acceptors (Lipinski definition) is 1. The number of carbonyl (C=O) groups is 1. The lowest BCUT2D eigenvalue weighted by atomic mass is 10.1. The summed E-state index contributed by atoms with van der Waals surface area (Å²) in [6.45, 7) is 6.20. The topological polar surface area (TPSA) is 17.1 Å². The number of carbonyl (C=O) groups excluding carboxylic acids is 1. The van der Waals surface area contributed by atoms with Crippen molar-refractivity contribution in [3.05, 3.63) is 11.6 Å². The minimum Gasteiger partial charge on any atom is -0.295 e. The molecule has 94 valence electrons. The molecule has 0 aliphatic carbocycles. The largest absolute Gasteiger partial charge is 0.295 e. The van der Waals surface area contributed by atoms with Crippen molar-refractivity contribution in [1.29, 1.82) is 0 Å². The van der Waals surface area contributed by atoms with Crippen LogP contribution in [0.3, 0.4) is 0 Å². The van der Waals surface area contributed by atoms with E-state index in [-0.39, 0.29) is 0 Å². The number of hydrogen-bond donors (Lipinski definition) is 0. The van der Waals surface area contributed by atoms with Gasteiger partial charge in [0.1, 0.15) is 0 Å². The molecule has 0 aromatic carbocycles. The Bertz CT molecular complexity index is 199. The average molecular weight is 224 g/mol. The molecule has 0 N–H and O–H groups in total. The van der Waals surface area contributed by atoms with E-state index in [1.807, 2.05) is 13.8 Å². The molecule has 0 atom stereocenters. The molecule has 0 radical (unpaired) electrons. The van der Waals surface area contributed by atoms with Crippen molar-refractivity contribution in [2.24, 2.45) is 0 Å². The lowest BCUT2D eigenvalue weighted by molar-refractivity contribution is -0.114. The first-order chi connectivity index (χ1) is 7.66. The predicted octanol–water partition coefficient (Wildman–Crippen LogP) is 5.05. The Kier molecular flexibility index (Phi) is 10.5. The van der Waals surface area contributed by atoms with Crippen LogP contribution in [0.25, 0.3) is 0 Å². The Labute approximate surface area is 101 Å². The molecule has 0 aromatic rings. The molecule has 0 saturated heterocycles. The molecule has 0 amide bonds. The molecule has 0 aromatic heterocycles. The zero-order chi connectivity index (χ0) is 12.2. The lowest BCUT2D eigenvalue weighted by Gasteiger charge is -2.00. The van der Waals surface area contributed by atoms with E-state index in [2.05, 4.69) is 6.92 Å². The summed E-state index contributed by atoms with van der Waals surface area (Å²) in [7, 11) is 0. The number of rotatable bonds is 10. The maximum absolute atomic E-state index is 11.4. The minimum atomic E-state index is 0.297. The van der Waals surface area contributed by atoms with Gasteiger partial charge in [-0.1, -0.05) is 57.4 Å². The van der Waals surface area contributed by atoms with Gasteiger partial charge in [0.2, 0.25) is 0 Å². The first-order valence-corrected chi connectivity index (χ1v) is 6.84. The second kappa shape index (κ2) is 10.9. The first-order valence-electron chi connectivity index (χ1n) is 6.84. The van der Waals surface area contributed by atoms with Crippen LogP contribution in [-0.4, -0.2) is 5.78 Å². The third-order valence-corrected chi connectivity index (χ3v) is 2.73. The van der Waals surface area contributed by atoms with E-state index in [9.17, 15) is 4.79 Å². The Morgan fingerprint density at radius 1 is 0.875 bits per heavy atom. The third-order valence-electron chi connectivity index (χ3n) is 2.73. The fraction of sp³-hybridized carbons (Fsp3) is 0.800. The molecular formula is C15H28O. The molecule has 0 saturated carbocycles. The van der Waals surface area contributed by atoms with Crippen LogP contribution in [0.5, 0.6) is 0 Å². The molecule has 0 aliphatic heterocycles. The molecule has 0 spiro atoms. The maximum atomic E-state index is 11.4. The monoisotopic (exact) mass is 224 g/mol. The summed E-state index contributed by atoms with van der Waals surface area (Å²) >= 11 is 0. The summed E-state index contributed by atoms with van der Waals surface area (Å²) in [6.07, 6.45) is 12.9. The van der Waals surface area contributed by atoms with E-state index >= 15 is 0 Å². The average Bonchev–Trinajstić information content (AvgIpc) is 2.21. The predicted molar refractivity (Wildman–Crippen MR) is 71.7 cm³/mol. The van der Waals surface area contributed by atoms with Gasteiger partial charge in [0, 0.05) is 6.42 Å². The summed E-state index contributed by atoms with van der Waals surface area (Å²) in [5.74, 6) is 0.297. The Morgan fingerprint density at radius 2 is 1.38 bits per heavy atom. The van der Waals surface area contributed by atoms with Crippen LogP contribution >= 0.6 is 0 Å². The van der Waals surface area contributed by atoms with Crippen LogP contribution in [0.2, 0.25) is 0 Å². The van der Waals surface area contributed by atoms with Gasteiger partial charge in [-0.3, -0.25) is 4.79 Å². The Morgan fingerprint density at radius 3 is 1.88 bits per heavy atom. The van der Waals surface area contributed by atoms with Crippen molar-refractivity contribution in [3.63, 3.8) is 0 Å². The summed E-state index contributed by atoms with van der Waals surface area (Å²) in [6, 6.07) is 0. The lowest BCUT2D eigenvalue weighted by Crippen LogP contribution is -1.93. The van der Waals surface area contributed by atoms with Crippen molar-refractivity contribution in [2.75, 3.05) is 0 Å². The molecule has 0 unspecified atom stereocenters. The zero-order valence-corrected chi connectivity index (χ0v) is 11.3. The van der Waals surface area contributed by atoms with Gasteiger partial charge in [0.05, 0.1) is 0 Å². The maximum Gasteiger partial charge on any atom is 0.155 e. The van der Waals surface area contributed by atoms with Gasteiger partial charge in [-0.2, -0.15) is 0 Å². The van der Waals surface area contributed by atoms with Gasteiger partial charge in [0.25, 0.3) is 0 Å². The van der Waals surface area contributed by atoms with Crippen LogP contribution in [0.15, 0.2) is 11.6 Å². The Balaban J connectivity index is 3.21. The van der Waals surface area contributed by atoms with E-state index in [1.54, 1.807) is 6.08 Å². The standard InChI is InChI=1S/C15H28O/c1-4-5-6-7-8-9-10-11-12-15(16)13-14(2)3/h13H,4-12H2,1-3H3. The highest BCUT2D eigenvalue weighted by Gasteiger charge is 1.97. The van der Waals surface area contributed by atoms with Crippen molar-refractivity contribution in [1.82, 2.24) is 0 Å². The first kappa shape index (κ1) is 15.4. The third kappa shape index (κ3) is 11.5. The molecule has 0 rings (SSSR count). The quantitative estimate of drug-likeness (QED) is 0.375. The van der Waals surface area contributed by atoms with Crippen molar-refractivity contribution in [2.45, 2.75) is 78.6 Å². The van der Waals surface area contributed by atoms with E-state index in [0.717, 1.165) is 18.4 Å². The van der Waals surface area contributed by atoms with E-state index < -0.39 is 0 Å². The molecule has 1 heteroatoms. The van der Waals surface area contributed by atoms with Crippen molar-refractivity contribution < 1.29 is 4.79 Å². The second-order valence-corrected chi connectivity index (χ2v) is 4.91. The summed E-state index contributed by atoms with van der Waals surface area (Å²) in [5, 5.41) is 0. The van der Waals surface area contributed by atoms with Gasteiger partial charge in [-0.25, -0.2) is 0 Å². The van der Waals surface area contributed by atoms with E-state index in [1.165, 1.54) is 44.9 Å². The van der Waals surface area contributed by atoms with Crippen LogP contribution in [0.4, 0.5) is 0 Å². The molecule has 16 heavy (non-hydrogen) atoms. The van der Waals surface area contributed by atoms with Gasteiger partial charge < -0.3 is 0 Å². The molecule has 0 bridgehead atoms. The normalized spacial score (nSPS) is 10.2. The van der Waals surface area contributed by atoms with Gasteiger partial charge >= 0.3 is 0 Å². The van der Waals surface area contributed by atoms with Crippen LogP contribution < -0.4 is 0 Å². The highest BCUT2D eigenvalue weighted by molar-refractivity contribution is 5.90. The molecule has 0 fully saturated rings. The van der Waals surface area contributed by atoms with E-state index in [0.29, 0.717) is 5.78 Å². The van der Waals surface area contributed by atoms with Gasteiger partial charge in [-0.05, 0) is 26.3 Å². The zero-order valence-electron chi connectivity index (χ0n) is 11.3. The molecular weight excluding hydrogens is 196 g/mol. The summed E-state index contributed by atoms with van der Waals surface area (Å²) in [5.41, 5.74) is 1.12. The molecule has 1 nitrogen and oxygen atoms in total. The Hall–Kier alpha value is -0.590. The van der Waals surface area contributed by atoms with Crippen LogP contribution in [0.1, 0.15) is 78.6 Å². The highest BCUT2D eigenvalue weighted by Crippen LogP contribution is 2.10. The fourth-order valence-corrected chi connectivity index (χ4v) is 1.83. The highest BCUT2D eigenvalue weighted by atomic mass is 16.1. The number of allylic oxidation sites excluding steroid dienone is 2. The van der Waals surface area contributed by atoms with Crippen molar-refractivity contribution in [3.8, 4) is 0 Å². The van der Waals surface area contributed by atoms with Crippen LogP contribution in [-0.2, 0) is 4.79 Å². The summed E-state index contributed by atoms with van der Waals surface area (Å²) < 4.78 is 0. The van der Waals surface area contributed by atoms with Crippen LogP contribution in [0, 0.1) is 0 Å². The SMILES string of the molecule is CCCCCCCCCCC(=O)C=C(C)C. The fourth-order valence-electron chi connectivity index (χ4n) is 1.83. The second-order valence-electron chi connectivity index (χ2n) is 4.91. The number of ketones is 1. The van der Waals surface area contributed by atoms with Gasteiger partial charge in [-0.15, -0.1) is 0 Å². The van der Waals surface area contributed by atoms with E-state index in [4.69, 9.17) is 0 Å². The molecule has 0 aliphatic rings.